The van der Waals surface area contributed by atoms with E-state index >= 15 is 0 Å². The van der Waals surface area contributed by atoms with Gasteiger partial charge >= 0.3 is 6.01 Å². The molecule has 0 saturated heterocycles. The van der Waals surface area contributed by atoms with Crippen molar-refractivity contribution in [1.82, 2.24) is 20.3 Å². The second-order valence-electron chi connectivity index (χ2n) is 3.88. The maximum atomic E-state index is 12.0. The van der Waals surface area contributed by atoms with Gasteiger partial charge in [0.2, 0.25) is 6.41 Å². The van der Waals surface area contributed by atoms with Gasteiger partial charge in [-0.15, -0.1) is 0 Å². The van der Waals surface area contributed by atoms with E-state index in [1.165, 1.54) is 26.0 Å². The predicted octanol–water partition coefficient (Wildman–Crippen LogP) is 0.924. The molecule has 0 fully saturated rings. The van der Waals surface area contributed by atoms with Crippen LogP contribution in [-0.2, 0) is 14.3 Å². The number of nitrogens with zero attached hydrogens (tertiary/aromatic N) is 3. The highest BCUT2D eigenvalue weighted by atomic mass is 16.5. The first-order valence-electron chi connectivity index (χ1n) is 6.13. The number of ether oxygens (including phenoxy) is 2. The Kier molecular flexibility index (Phi) is 5.14. The largest absolute Gasteiger partial charge is 0.504 e. The zero-order valence-electron chi connectivity index (χ0n) is 11.6. The smallest absolute Gasteiger partial charge is 0.324 e. The number of nitrogens with one attached hydrogen (secondary N) is 1. The fraction of sp³-hybridized carbons (Fsp3) is 0.0714. The minimum absolute atomic E-state index is 0.0787. The van der Waals surface area contributed by atoms with Crippen molar-refractivity contribution in [1.29, 1.82) is 0 Å². The molecule has 1 heterocycles. The molecular weight excluding hydrogens is 288 g/mol. The summed E-state index contributed by atoms with van der Waals surface area (Å²) in [6.45, 7) is 0. The van der Waals surface area contributed by atoms with Crippen molar-refractivity contribution in [2.75, 3.05) is 7.11 Å². The normalized spacial score (nSPS) is 10.7. The van der Waals surface area contributed by atoms with Crippen LogP contribution in [0.4, 0.5) is 0 Å². The Labute approximate surface area is 125 Å². The molecule has 0 aliphatic heterocycles. The number of hydrogen-bond donors (Lipinski definition) is 1. The van der Waals surface area contributed by atoms with E-state index in [1.807, 2.05) is 0 Å². The molecule has 1 N–H and O–H groups in total. The summed E-state index contributed by atoms with van der Waals surface area (Å²) in [6.07, 6.45) is 4.08. The Morgan fingerprint density at radius 2 is 1.95 bits per heavy atom. The van der Waals surface area contributed by atoms with Gasteiger partial charge in [-0.3, -0.25) is 14.9 Å². The number of rotatable bonds is 6. The molecule has 22 heavy (non-hydrogen) atoms. The highest BCUT2D eigenvalue weighted by Crippen LogP contribution is 2.28. The van der Waals surface area contributed by atoms with E-state index in [2.05, 4.69) is 20.3 Å². The van der Waals surface area contributed by atoms with E-state index in [4.69, 9.17) is 9.47 Å². The number of hydrogen-bond acceptors (Lipinski definition) is 7. The van der Waals surface area contributed by atoms with Gasteiger partial charge in [0.25, 0.3) is 5.91 Å². The van der Waals surface area contributed by atoms with Gasteiger partial charge in [0.15, 0.2) is 0 Å². The van der Waals surface area contributed by atoms with Gasteiger partial charge in [0.1, 0.15) is 18.4 Å². The van der Waals surface area contributed by atoms with Crippen molar-refractivity contribution in [3.63, 3.8) is 0 Å². The van der Waals surface area contributed by atoms with Gasteiger partial charge in [-0.25, -0.2) is 4.98 Å². The van der Waals surface area contributed by atoms with E-state index < -0.39 is 5.91 Å². The molecule has 8 nitrogen and oxygen atoms in total. The average molecular weight is 300 g/mol. The summed E-state index contributed by atoms with van der Waals surface area (Å²) in [4.78, 5) is 33.8. The Morgan fingerprint density at radius 3 is 2.64 bits per heavy atom. The highest BCUT2D eigenvalue weighted by Gasteiger charge is 2.17. The number of aromatic nitrogens is 3. The van der Waals surface area contributed by atoms with Crippen LogP contribution in [0.5, 0.6) is 11.8 Å². The van der Waals surface area contributed by atoms with E-state index in [1.54, 1.807) is 24.3 Å². The lowest BCUT2D eigenvalue weighted by atomic mass is 10.1. The van der Waals surface area contributed by atoms with E-state index in [-0.39, 0.29) is 11.6 Å². The summed E-state index contributed by atoms with van der Waals surface area (Å²) in [5.41, 5.74) is 0.545. The lowest BCUT2D eigenvalue weighted by Gasteiger charge is -2.11. The SMILES string of the molecule is CO/C=C(/C(=O)NC=O)c1ccccc1Oc1ncncn1. The number of para-hydroxylation sites is 1. The van der Waals surface area contributed by atoms with Crippen LogP contribution in [0, 0.1) is 0 Å². The Hall–Kier alpha value is -3.29. The van der Waals surface area contributed by atoms with Gasteiger partial charge < -0.3 is 9.47 Å². The molecule has 8 heteroatoms. The average Bonchev–Trinajstić information content (AvgIpc) is 2.54. The number of benzene rings is 1. The second kappa shape index (κ2) is 7.48. The molecule has 1 aromatic heterocycles. The molecule has 0 atom stereocenters. The van der Waals surface area contributed by atoms with Crippen molar-refractivity contribution in [3.05, 3.63) is 48.7 Å². The van der Waals surface area contributed by atoms with Crippen LogP contribution in [0.2, 0.25) is 0 Å². The van der Waals surface area contributed by atoms with Crippen LogP contribution in [0.1, 0.15) is 5.56 Å². The second-order valence-corrected chi connectivity index (χ2v) is 3.88. The first-order chi connectivity index (χ1) is 10.8. The maximum absolute atomic E-state index is 12.0. The molecule has 1 aromatic carbocycles. The molecule has 112 valence electrons. The molecule has 0 spiro atoms. The minimum Gasteiger partial charge on any atom is -0.504 e. The Morgan fingerprint density at radius 1 is 1.23 bits per heavy atom. The first-order valence-corrected chi connectivity index (χ1v) is 6.13. The van der Waals surface area contributed by atoms with Crippen molar-refractivity contribution in [2.24, 2.45) is 0 Å². The maximum Gasteiger partial charge on any atom is 0.324 e. The third-order valence-corrected chi connectivity index (χ3v) is 2.52. The standard InChI is InChI=1S/C14H12N4O4/c1-21-6-11(13(20)18-9-19)10-4-2-3-5-12(10)22-14-16-7-15-8-17-14/h2-9H,1H3,(H,18,19,20)/b11-6+. The van der Waals surface area contributed by atoms with Crippen LogP contribution in [0.3, 0.4) is 0 Å². The summed E-state index contributed by atoms with van der Waals surface area (Å²) in [7, 11) is 1.39. The van der Waals surface area contributed by atoms with Gasteiger partial charge in [-0.2, -0.15) is 9.97 Å². The van der Waals surface area contributed by atoms with Gasteiger partial charge in [0, 0.05) is 5.56 Å². The van der Waals surface area contributed by atoms with Crippen LogP contribution in [0.15, 0.2) is 43.2 Å². The summed E-state index contributed by atoms with van der Waals surface area (Å²) in [5.74, 6) is -0.290. The number of amides is 2. The first kappa shape index (κ1) is 15.1. The van der Waals surface area contributed by atoms with Crippen molar-refractivity contribution in [2.45, 2.75) is 0 Å². The molecule has 0 saturated carbocycles. The lowest BCUT2D eigenvalue weighted by Crippen LogP contribution is -2.22. The van der Waals surface area contributed by atoms with Crippen molar-refractivity contribution in [3.8, 4) is 11.8 Å². The summed E-state index contributed by atoms with van der Waals surface area (Å²) >= 11 is 0. The highest BCUT2D eigenvalue weighted by molar-refractivity contribution is 6.22. The van der Waals surface area contributed by atoms with Crippen LogP contribution in [0.25, 0.3) is 5.57 Å². The lowest BCUT2D eigenvalue weighted by molar-refractivity contribution is -0.121. The predicted molar refractivity (Wildman–Crippen MR) is 75.5 cm³/mol. The Balaban J connectivity index is 2.39. The van der Waals surface area contributed by atoms with Gasteiger partial charge in [-0.05, 0) is 6.07 Å². The molecule has 2 rings (SSSR count). The molecule has 0 aliphatic carbocycles. The molecular formula is C14H12N4O4. The molecule has 2 aromatic rings. The fourth-order valence-electron chi connectivity index (χ4n) is 1.65. The van der Waals surface area contributed by atoms with Crippen molar-refractivity contribution >= 4 is 17.9 Å². The number of carbonyl (C=O) groups is 2. The zero-order chi connectivity index (χ0) is 15.8. The third kappa shape index (κ3) is 3.63. The molecule has 0 unspecified atom stereocenters. The quantitative estimate of drug-likeness (QED) is 0.480. The van der Waals surface area contributed by atoms with Crippen LogP contribution in [-0.4, -0.2) is 34.4 Å². The number of imide groups is 1. The number of carbonyl (C=O) groups excluding carboxylic acids is 2. The number of methoxy groups -OCH3 is 1. The molecule has 2 amide bonds. The van der Waals surface area contributed by atoms with E-state index in [9.17, 15) is 9.59 Å². The summed E-state index contributed by atoms with van der Waals surface area (Å²) in [6, 6.07) is 6.80. The third-order valence-electron chi connectivity index (χ3n) is 2.52. The fourth-order valence-corrected chi connectivity index (χ4v) is 1.65. The molecule has 0 aliphatic rings. The minimum atomic E-state index is -0.622. The van der Waals surface area contributed by atoms with Crippen LogP contribution < -0.4 is 10.1 Å². The molecule has 0 radical (unpaired) electrons. The van der Waals surface area contributed by atoms with Gasteiger partial charge in [-0.1, -0.05) is 18.2 Å². The topological polar surface area (TPSA) is 103 Å². The monoisotopic (exact) mass is 300 g/mol. The van der Waals surface area contributed by atoms with Crippen molar-refractivity contribution < 1.29 is 19.1 Å². The summed E-state index contributed by atoms with van der Waals surface area (Å²) < 4.78 is 10.4. The van der Waals surface area contributed by atoms with E-state index in [0.717, 1.165) is 0 Å². The van der Waals surface area contributed by atoms with E-state index in [0.29, 0.717) is 17.7 Å². The Bertz CT molecular complexity index is 688. The summed E-state index contributed by atoms with van der Waals surface area (Å²) in [5, 5.41) is 2.06. The zero-order valence-corrected chi connectivity index (χ0v) is 11.6. The molecule has 0 bridgehead atoms. The van der Waals surface area contributed by atoms with Crippen LogP contribution >= 0.6 is 0 Å². The van der Waals surface area contributed by atoms with Gasteiger partial charge in [0.05, 0.1) is 18.9 Å².